The van der Waals surface area contributed by atoms with Crippen molar-refractivity contribution in [2.45, 2.75) is 18.2 Å². The van der Waals surface area contributed by atoms with E-state index in [2.05, 4.69) is 5.32 Å². The SMILES string of the molecule is CC(=O)c1ccccc1NC(=O)COC(=O)CCN1C(=O)CSc2ccccc21. The third-order valence-corrected chi connectivity index (χ3v) is 5.34. The summed E-state index contributed by atoms with van der Waals surface area (Å²) in [5.74, 6) is -1.04. The number of nitrogens with zero attached hydrogens (tertiary/aromatic N) is 1. The van der Waals surface area contributed by atoms with Crippen molar-refractivity contribution < 1.29 is 23.9 Å². The van der Waals surface area contributed by atoms with Crippen LogP contribution in [-0.2, 0) is 19.1 Å². The summed E-state index contributed by atoms with van der Waals surface area (Å²) < 4.78 is 5.01. The molecule has 0 bridgehead atoms. The molecule has 0 aliphatic carbocycles. The normalized spacial score (nSPS) is 12.9. The van der Waals surface area contributed by atoms with Crippen LogP contribution in [0, 0.1) is 0 Å². The smallest absolute Gasteiger partial charge is 0.308 e. The van der Waals surface area contributed by atoms with Gasteiger partial charge in [-0.25, -0.2) is 0 Å². The number of hydrogen-bond acceptors (Lipinski definition) is 6. The third kappa shape index (κ3) is 5.23. The van der Waals surface area contributed by atoms with Crippen LogP contribution >= 0.6 is 11.8 Å². The highest BCUT2D eigenvalue weighted by Gasteiger charge is 2.25. The summed E-state index contributed by atoms with van der Waals surface area (Å²) in [4.78, 5) is 50.4. The molecule has 0 saturated heterocycles. The van der Waals surface area contributed by atoms with Crippen molar-refractivity contribution in [1.82, 2.24) is 0 Å². The molecule has 2 amide bonds. The molecule has 3 rings (SSSR count). The summed E-state index contributed by atoms with van der Waals surface area (Å²) in [6.07, 6.45) is -0.0257. The lowest BCUT2D eigenvalue weighted by Gasteiger charge is -2.28. The van der Waals surface area contributed by atoms with E-state index in [4.69, 9.17) is 4.74 Å². The lowest BCUT2D eigenvalue weighted by Crippen LogP contribution is -2.37. The molecule has 0 aromatic heterocycles. The van der Waals surface area contributed by atoms with E-state index >= 15 is 0 Å². The Morgan fingerprint density at radius 2 is 1.83 bits per heavy atom. The highest BCUT2D eigenvalue weighted by Crippen LogP contribution is 2.34. The molecule has 0 unspecified atom stereocenters. The number of fused-ring (bicyclic) bond motifs is 1. The Hall–Kier alpha value is -3.13. The molecule has 7 nitrogen and oxygen atoms in total. The molecule has 1 N–H and O–H groups in total. The maximum absolute atomic E-state index is 12.2. The Kier molecular flexibility index (Phi) is 6.66. The van der Waals surface area contributed by atoms with Gasteiger partial charge < -0.3 is 15.0 Å². The minimum absolute atomic E-state index is 0.0257. The first-order valence-electron chi connectivity index (χ1n) is 9.03. The Labute approximate surface area is 172 Å². The summed E-state index contributed by atoms with van der Waals surface area (Å²) in [6.45, 7) is 1.12. The average molecular weight is 412 g/mol. The Morgan fingerprint density at radius 1 is 1.10 bits per heavy atom. The number of ketones is 1. The van der Waals surface area contributed by atoms with E-state index in [9.17, 15) is 19.2 Å². The van der Waals surface area contributed by atoms with Crippen molar-refractivity contribution in [3.8, 4) is 0 Å². The zero-order chi connectivity index (χ0) is 20.8. The number of thioether (sulfide) groups is 1. The maximum Gasteiger partial charge on any atom is 0.308 e. The van der Waals surface area contributed by atoms with Crippen molar-refractivity contribution in [3.63, 3.8) is 0 Å². The molecule has 8 heteroatoms. The van der Waals surface area contributed by atoms with Gasteiger partial charge in [-0.15, -0.1) is 11.8 Å². The van der Waals surface area contributed by atoms with Gasteiger partial charge in [0.05, 0.1) is 23.5 Å². The quantitative estimate of drug-likeness (QED) is 0.555. The number of Topliss-reactive ketones (excluding diaryl/α,β-unsaturated/α-hetero) is 1. The Morgan fingerprint density at radius 3 is 2.62 bits per heavy atom. The molecule has 0 atom stereocenters. The number of carbonyl (C=O) groups excluding carboxylic acids is 4. The zero-order valence-corrected chi connectivity index (χ0v) is 16.7. The fourth-order valence-corrected chi connectivity index (χ4v) is 3.84. The molecular formula is C21H20N2O5S. The van der Waals surface area contributed by atoms with Crippen LogP contribution in [0.25, 0.3) is 0 Å². The van der Waals surface area contributed by atoms with Crippen molar-refractivity contribution in [2.75, 3.05) is 29.1 Å². The highest BCUT2D eigenvalue weighted by molar-refractivity contribution is 8.00. The first-order valence-corrected chi connectivity index (χ1v) is 10.0. The number of carbonyl (C=O) groups is 4. The van der Waals surface area contributed by atoms with E-state index in [0.29, 0.717) is 17.0 Å². The van der Waals surface area contributed by atoms with Crippen molar-refractivity contribution in [1.29, 1.82) is 0 Å². The Bertz CT molecular complexity index is 960. The van der Waals surface area contributed by atoms with Crippen LogP contribution in [-0.4, -0.2) is 42.5 Å². The molecular weight excluding hydrogens is 392 g/mol. The van der Waals surface area contributed by atoms with Gasteiger partial charge in [-0.1, -0.05) is 24.3 Å². The summed E-state index contributed by atoms with van der Waals surface area (Å²) in [7, 11) is 0. The zero-order valence-electron chi connectivity index (χ0n) is 15.8. The molecule has 0 fully saturated rings. The van der Waals surface area contributed by atoms with Crippen LogP contribution in [0.5, 0.6) is 0 Å². The van der Waals surface area contributed by atoms with Gasteiger partial charge in [0.15, 0.2) is 12.4 Å². The first-order chi connectivity index (χ1) is 14.0. The van der Waals surface area contributed by atoms with Gasteiger partial charge in [0.25, 0.3) is 5.91 Å². The van der Waals surface area contributed by atoms with E-state index < -0.39 is 18.5 Å². The fourth-order valence-electron chi connectivity index (χ4n) is 2.91. The number of esters is 1. The first kappa shape index (κ1) is 20.6. The van der Waals surface area contributed by atoms with Crippen molar-refractivity contribution in [2.24, 2.45) is 0 Å². The predicted molar refractivity (Wildman–Crippen MR) is 110 cm³/mol. The molecule has 1 aliphatic rings. The van der Waals surface area contributed by atoms with Gasteiger partial charge >= 0.3 is 5.97 Å². The molecule has 1 aliphatic heterocycles. The highest BCUT2D eigenvalue weighted by atomic mass is 32.2. The van der Waals surface area contributed by atoms with Crippen LogP contribution < -0.4 is 10.2 Å². The fraction of sp³-hybridized carbons (Fsp3) is 0.238. The molecule has 2 aromatic rings. The number of nitrogens with one attached hydrogen (secondary N) is 1. The topological polar surface area (TPSA) is 92.8 Å². The van der Waals surface area contributed by atoms with Crippen LogP contribution in [0.2, 0.25) is 0 Å². The molecule has 0 spiro atoms. The predicted octanol–water partition coefficient (Wildman–Crippen LogP) is 2.90. The van der Waals surface area contributed by atoms with E-state index in [1.165, 1.54) is 18.7 Å². The van der Waals surface area contributed by atoms with Crippen LogP contribution in [0.4, 0.5) is 11.4 Å². The van der Waals surface area contributed by atoms with Crippen LogP contribution in [0.1, 0.15) is 23.7 Å². The summed E-state index contributed by atoms with van der Waals surface area (Å²) in [5.41, 5.74) is 1.53. The monoisotopic (exact) mass is 412 g/mol. The third-order valence-electron chi connectivity index (χ3n) is 4.29. The summed E-state index contributed by atoms with van der Waals surface area (Å²) in [5, 5.41) is 2.57. The maximum atomic E-state index is 12.2. The molecule has 0 saturated carbocycles. The number of benzene rings is 2. The van der Waals surface area contributed by atoms with Crippen LogP contribution in [0.3, 0.4) is 0 Å². The van der Waals surface area contributed by atoms with E-state index in [-0.39, 0.29) is 24.7 Å². The van der Waals surface area contributed by atoms with Crippen molar-refractivity contribution in [3.05, 3.63) is 54.1 Å². The molecule has 0 radical (unpaired) electrons. The van der Waals surface area contributed by atoms with Gasteiger partial charge in [0.1, 0.15) is 0 Å². The number of hydrogen-bond donors (Lipinski definition) is 1. The largest absolute Gasteiger partial charge is 0.456 e. The van der Waals surface area contributed by atoms with E-state index in [0.717, 1.165) is 10.6 Å². The standard InChI is InChI=1S/C21H20N2O5S/c1-14(24)15-6-2-3-7-16(15)22-19(25)12-28-21(27)10-11-23-17-8-4-5-9-18(17)29-13-20(23)26/h2-9H,10-13H2,1H3,(H,22,25). The second-order valence-electron chi connectivity index (χ2n) is 6.36. The Balaban J connectivity index is 1.50. The van der Waals surface area contributed by atoms with Gasteiger partial charge in [0, 0.05) is 17.0 Å². The second-order valence-corrected chi connectivity index (χ2v) is 7.38. The number of amides is 2. The van der Waals surface area contributed by atoms with E-state index in [1.54, 1.807) is 29.2 Å². The molecule has 29 heavy (non-hydrogen) atoms. The molecule has 1 heterocycles. The lowest BCUT2D eigenvalue weighted by atomic mass is 10.1. The summed E-state index contributed by atoms with van der Waals surface area (Å²) in [6, 6.07) is 14.1. The molecule has 2 aromatic carbocycles. The minimum atomic E-state index is -0.580. The number of para-hydroxylation sites is 2. The van der Waals surface area contributed by atoms with Gasteiger partial charge in [0.2, 0.25) is 5.91 Å². The minimum Gasteiger partial charge on any atom is -0.456 e. The average Bonchev–Trinajstić information content (AvgIpc) is 2.71. The number of ether oxygens (including phenoxy) is 1. The summed E-state index contributed by atoms with van der Waals surface area (Å²) >= 11 is 1.47. The number of rotatable bonds is 7. The van der Waals surface area contributed by atoms with E-state index in [1.807, 2.05) is 24.3 Å². The van der Waals surface area contributed by atoms with Gasteiger partial charge in [-0.05, 0) is 31.2 Å². The second kappa shape index (κ2) is 9.38. The van der Waals surface area contributed by atoms with Crippen LogP contribution in [0.15, 0.2) is 53.4 Å². The van der Waals surface area contributed by atoms with Crippen molar-refractivity contribution >= 4 is 46.7 Å². The number of anilines is 2. The van der Waals surface area contributed by atoms with Gasteiger partial charge in [-0.2, -0.15) is 0 Å². The molecule has 150 valence electrons. The lowest BCUT2D eigenvalue weighted by molar-refractivity contribution is -0.147. The van der Waals surface area contributed by atoms with Gasteiger partial charge in [-0.3, -0.25) is 19.2 Å².